The molecular weight excluding hydrogens is 316 g/mol. The molecule has 114 valence electrons. The minimum Gasteiger partial charge on any atom is -0.294 e. The van der Waals surface area contributed by atoms with Crippen LogP contribution in [0.4, 0.5) is 0 Å². The molecular formula is C13H15ClN2O4S. The topological polar surface area (TPSA) is 83.6 Å². The van der Waals surface area contributed by atoms with Crippen LogP contribution in [0.3, 0.4) is 0 Å². The number of hydrogen-bond acceptors (Lipinski definition) is 4. The Morgan fingerprint density at radius 1 is 1.38 bits per heavy atom. The zero-order valence-electron chi connectivity index (χ0n) is 11.6. The first kappa shape index (κ1) is 15.9. The van der Waals surface area contributed by atoms with Crippen molar-refractivity contribution in [3.8, 4) is 0 Å². The van der Waals surface area contributed by atoms with Crippen LogP contribution in [0.25, 0.3) is 0 Å². The van der Waals surface area contributed by atoms with E-state index in [1.807, 2.05) is 0 Å². The molecule has 1 aromatic rings. The lowest BCUT2D eigenvalue weighted by Crippen LogP contribution is -2.59. The SMILES string of the molecule is CCC1C(=O)NC(=O)CN1S(=O)(=O)c1cccc(Cl)c1C. The van der Waals surface area contributed by atoms with Crippen LogP contribution in [-0.4, -0.2) is 37.1 Å². The molecule has 0 saturated carbocycles. The molecule has 1 N–H and O–H groups in total. The van der Waals surface area contributed by atoms with Crippen LogP contribution in [0, 0.1) is 6.92 Å². The average molecular weight is 331 g/mol. The van der Waals surface area contributed by atoms with E-state index in [4.69, 9.17) is 11.6 Å². The highest BCUT2D eigenvalue weighted by Crippen LogP contribution is 2.28. The monoisotopic (exact) mass is 330 g/mol. The van der Waals surface area contributed by atoms with Crippen LogP contribution in [0.2, 0.25) is 5.02 Å². The smallest absolute Gasteiger partial charge is 0.245 e. The molecule has 8 heteroatoms. The highest BCUT2D eigenvalue weighted by molar-refractivity contribution is 7.89. The minimum absolute atomic E-state index is 0.0101. The summed E-state index contributed by atoms with van der Waals surface area (Å²) in [6, 6.07) is 3.63. The fourth-order valence-corrected chi connectivity index (χ4v) is 4.38. The molecule has 1 atom stereocenters. The maximum Gasteiger partial charge on any atom is 0.245 e. The van der Waals surface area contributed by atoms with Crippen molar-refractivity contribution in [2.24, 2.45) is 0 Å². The second-order valence-electron chi connectivity index (χ2n) is 4.75. The number of imide groups is 1. The van der Waals surface area contributed by atoms with Crippen LogP contribution in [0.15, 0.2) is 23.1 Å². The van der Waals surface area contributed by atoms with Crippen LogP contribution in [0.1, 0.15) is 18.9 Å². The first-order valence-electron chi connectivity index (χ1n) is 6.39. The standard InChI is InChI=1S/C13H15ClN2O4S/c1-3-10-13(18)15-12(17)7-16(10)21(19,20)11-6-4-5-9(14)8(11)2/h4-6,10H,3,7H2,1-2H3,(H,15,17,18). The largest absolute Gasteiger partial charge is 0.294 e. The lowest BCUT2D eigenvalue weighted by atomic mass is 10.2. The summed E-state index contributed by atoms with van der Waals surface area (Å²) in [5.41, 5.74) is 0.396. The Labute approximate surface area is 128 Å². The molecule has 2 amide bonds. The third-order valence-corrected chi connectivity index (χ3v) is 5.81. The van der Waals surface area contributed by atoms with Crippen molar-refractivity contribution in [3.63, 3.8) is 0 Å². The Bertz CT molecular complexity index is 702. The van der Waals surface area contributed by atoms with Crippen molar-refractivity contribution in [2.45, 2.75) is 31.2 Å². The highest BCUT2D eigenvalue weighted by atomic mass is 35.5. The van der Waals surface area contributed by atoms with Gasteiger partial charge in [-0.15, -0.1) is 0 Å². The molecule has 1 fully saturated rings. The predicted molar refractivity (Wildman–Crippen MR) is 77.3 cm³/mol. The lowest BCUT2D eigenvalue weighted by Gasteiger charge is -2.32. The van der Waals surface area contributed by atoms with Crippen LogP contribution < -0.4 is 5.32 Å². The molecule has 0 aliphatic carbocycles. The number of nitrogens with zero attached hydrogens (tertiary/aromatic N) is 1. The van der Waals surface area contributed by atoms with Crippen LogP contribution in [0.5, 0.6) is 0 Å². The van der Waals surface area contributed by atoms with Crippen molar-refractivity contribution in [1.29, 1.82) is 0 Å². The van der Waals surface area contributed by atoms with E-state index in [9.17, 15) is 18.0 Å². The van der Waals surface area contributed by atoms with E-state index in [-0.39, 0.29) is 17.9 Å². The van der Waals surface area contributed by atoms with Crippen molar-refractivity contribution in [2.75, 3.05) is 6.54 Å². The molecule has 0 radical (unpaired) electrons. The molecule has 1 aliphatic rings. The van der Waals surface area contributed by atoms with Gasteiger partial charge in [0.25, 0.3) is 0 Å². The Hall–Kier alpha value is -1.44. The third kappa shape index (κ3) is 2.81. The number of amides is 2. The van der Waals surface area contributed by atoms with Crippen molar-refractivity contribution in [1.82, 2.24) is 9.62 Å². The van der Waals surface area contributed by atoms with Gasteiger partial charge in [-0.2, -0.15) is 4.31 Å². The van der Waals surface area contributed by atoms with Gasteiger partial charge in [-0.3, -0.25) is 14.9 Å². The van der Waals surface area contributed by atoms with Gasteiger partial charge in [0, 0.05) is 5.02 Å². The van der Waals surface area contributed by atoms with E-state index in [0.29, 0.717) is 10.6 Å². The van der Waals surface area contributed by atoms with E-state index in [2.05, 4.69) is 5.32 Å². The quantitative estimate of drug-likeness (QED) is 0.840. The van der Waals surface area contributed by atoms with E-state index < -0.39 is 27.9 Å². The molecule has 1 heterocycles. The summed E-state index contributed by atoms with van der Waals surface area (Å²) in [7, 11) is -3.98. The molecule has 2 rings (SSSR count). The van der Waals surface area contributed by atoms with Gasteiger partial charge in [0.1, 0.15) is 6.04 Å². The summed E-state index contributed by atoms with van der Waals surface area (Å²) >= 11 is 5.96. The zero-order chi connectivity index (χ0) is 15.8. The molecule has 1 unspecified atom stereocenters. The third-order valence-electron chi connectivity index (χ3n) is 3.40. The predicted octanol–water partition coefficient (Wildman–Crippen LogP) is 1.07. The summed E-state index contributed by atoms with van der Waals surface area (Å²) < 4.78 is 26.4. The van der Waals surface area contributed by atoms with E-state index in [1.54, 1.807) is 19.9 Å². The number of benzene rings is 1. The Morgan fingerprint density at radius 3 is 2.67 bits per heavy atom. The summed E-state index contributed by atoms with van der Waals surface area (Å²) in [4.78, 5) is 23.3. The molecule has 1 saturated heterocycles. The van der Waals surface area contributed by atoms with Crippen LogP contribution in [-0.2, 0) is 19.6 Å². The minimum atomic E-state index is -3.98. The molecule has 0 spiro atoms. The Balaban J connectivity index is 2.53. The summed E-state index contributed by atoms with van der Waals surface area (Å²) in [6.45, 7) is 2.90. The molecule has 1 aromatic carbocycles. The van der Waals surface area contributed by atoms with E-state index >= 15 is 0 Å². The molecule has 0 bridgehead atoms. The molecule has 0 aromatic heterocycles. The number of sulfonamides is 1. The normalized spacial score (nSPS) is 20.4. The maximum atomic E-state index is 12.8. The number of carbonyl (C=O) groups is 2. The second kappa shape index (κ2) is 5.75. The van der Waals surface area contributed by atoms with E-state index in [0.717, 1.165) is 4.31 Å². The van der Waals surface area contributed by atoms with Gasteiger partial charge in [-0.25, -0.2) is 8.42 Å². The van der Waals surface area contributed by atoms with Gasteiger partial charge in [0.15, 0.2) is 0 Å². The van der Waals surface area contributed by atoms with Gasteiger partial charge in [0.05, 0.1) is 11.4 Å². The zero-order valence-corrected chi connectivity index (χ0v) is 13.2. The van der Waals surface area contributed by atoms with Gasteiger partial charge in [-0.1, -0.05) is 24.6 Å². The molecule has 21 heavy (non-hydrogen) atoms. The van der Waals surface area contributed by atoms with Crippen molar-refractivity contribution >= 4 is 33.4 Å². The number of carbonyl (C=O) groups excluding carboxylic acids is 2. The average Bonchev–Trinajstić information content (AvgIpc) is 2.41. The number of halogens is 1. The number of nitrogens with one attached hydrogen (secondary N) is 1. The first-order valence-corrected chi connectivity index (χ1v) is 8.21. The first-order chi connectivity index (χ1) is 9.78. The molecule has 1 aliphatic heterocycles. The maximum absolute atomic E-state index is 12.8. The highest BCUT2D eigenvalue weighted by Gasteiger charge is 2.41. The Kier molecular flexibility index (Phi) is 4.36. The fraction of sp³-hybridized carbons (Fsp3) is 0.385. The summed E-state index contributed by atoms with van der Waals surface area (Å²) in [6.07, 6.45) is 0.276. The number of hydrogen-bond donors (Lipinski definition) is 1. The van der Waals surface area contributed by atoms with Gasteiger partial charge in [0.2, 0.25) is 21.8 Å². The van der Waals surface area contributed by atoms with Gasteiger partial charge >= 0.3 is 0 Å². The lowest BCUT2D eigenvalue weighted by molar-refractivity contribution is -0.137. The van der Waals surface area contributed by atoms with Crippen molar-refractivity contribution in [3.05, 3.63) is 28.8 Å². The summed E-state index contributed by atoms with van der Waals surface area (Å²) in [5.74, 6) is -1.23. The van der Waals surface area contributed by atoms with E-state index in [1.165, 1.54) is 12.1 Å². The molecule has 6 nitrogen and oxygen atoms in total. The van der Waals surface area contributed by atoms with Crippen LogP contribution >= 0.6 is 11.6 Å². The number of piperazine rings is 1. The van der Waals surface area contributed by atoms with Crippen molar-refractivity contribution < 1.29 is 18.0 Å². The number of rotatable bonds is 3. The summed E-state index contributed by atoms with van der Waals surface area (Å²) in [5, 5.41) is 2.47. The Morgan fingerprint density at radius 2 is 2.05 bits per heavy atom. The second-order valence-corrected chi connectivity index (χ2v) is 7.02. The van der Waals surface area contributed by atoms with Gasteiger partial charge in [-0.05, 0) is 31.0 Å². The fourth-order valence-electron chi connectivity index (χ4n) is 2.28. The van der Waals surface area contributed by atoms with Gasteiger partial charge < -0.3 is 0 Å².